The first-order valence-electron chi connectivity index (χ1n) is 39.8. The first kappa shape index (κ1) is 74.6. The van der Waals surface area contributed by atoms with Crippen molar-refractivity contribution in [3.8, 4) is 20.9 Å². The van der Waals surface area contributed by atoms with Crippen LogP contribution in [0.4, 0.5) is 0 Å². The molecule has 0 saturated heterocycles. The fourth-order valence-electron chi connectivity index (χ4n) is 17.0. The number of hydrogen-bond donors (Lipinski definition) is 0. The highest BCUT2D eigenvalue weighted by molar-refractivity contribution is 9.10. The van der Waals surface area contributed by atoms with Gasteiger partial charge in [0.05, 0.1) is 20.2 Å². The Hall–Kier alpha value is -4.06. The lowest BCUT2D eigenvalue weighted by Gasteiger charge is -2.36. The number of rotatable bonds is 44. The van der Waals surface area contributed by atoms with Gasteiger partial charge in [-0.05, 0) is 216 Å². The van der Waals surface area contributed by atoms with Gasteiger partial charge in [0.1, 0.15) is 0 Å². The monoisotopic (exact) mass is 1450 g/mol. The van der Waals surface area contributed by atoms with Crippen LogP contribution in [0.1, 0.15) is 350 Å². The summed E-state index contributed by atoms with van der Waals surface area (Å²) in [4.78, 5) is 2.98. The molecule has 0 bridgehead atoms. The molecule has 10 rings (SSSR count). The van der Waals surface area contributed by atoms with Crippen molar-refractivity contribution >= 4 is 63.9 Å². The van der Waals surface area contributed by atoms with E-state index in [0.29, 0.717) is 0 Å². The van der Waals surface area contributed by atoms with Gasteiger partial charge in [0.2, 0.25) is 0 Å². The van der Waals surface area contributed by atoms with E-state index in [1.54, 1.807) is 11.1 Å². The molecule has 2 aromatic heterocycles. The van der Waals surface area contributed by atoms with E-state index in [-0.39, 0.29) is 0 Å². The standard InChI is InChI=1S/C92H122Br2S2/c1-9-17-25-33-41-67-53-68(42-34-26-18-10-2)58-75(57-67)91(76-59-69(43-35-27-19-11-3)54-70(60-76)44-36-28-20-12-4)83-65-79(93)49-51-81(83)87-85(91)89-90(95-87)86-88(96-89)82-52-50-80(94)66-84(82)92(86,77-61-71(45-37-29-21-13-5)55-72(62-77)46-38-30-22-14-6)78-63-73(47-39-31-23-15-7)56-74(64-78)48-40-32-24-16-8/h49-66H,9-48H2,1-8H3. The Kier molecular flexibility index (Phi) is 29.2. The third kappa shape index (κ3) is 17.4. The number of aryl methyl sites for hydroxylation is 8. The number of fused-ring (bicyclic) bond motifs is 9. The van der Waals surface area contributed by atoms with E-state index >= 15 is 0 Å². The molecule has 96 heavy (non-hydrogen) atoms. The van der Waals surface area contributed by atoms with Gasteiger partial charge in [-0.15, -0.1) is 22.7 Å². The predicted molar refractivity (Wildman–Crippen MR) is 432 cm³/mol. The molecule has 0 amide bonds. The van der Waals surface area contributed by atoms with Crippen LogP contribution < -0.4 is 0 Å². The summed E-state index contributed by atoms with van der Waals surface area (Å²) in [7, 11) is 0. The Morgan fingerprint density at radius 3 is 0.656 bits per heavy atom. The van der Waals surface area contributed by atoms with E-state index in [9.17, 15) is 0 Å². The van der Waals surface area contributed by atoms with Gasteiger partial charge in [0, 0.05) is 29.8 Å². The molecule has 2 heterocycles. The summed E-state index contributed by atoms with van der Waals surface area (Å²) in [5.74, 6) is 0. The first-order chi connectivity index (χ1) is 47.1. The van der Waals surface area contributed by atoms with Crippen LogP contribution in [-0.2, 0) is 62.2 Å². The Labute approximate surface area is 610 Å². The van der Waals surface area contributed by atoms with Crippen LogP contribution in [0.3, 0.4) is 0 Å². The molecule has 516 valence electrons. The van der Waals surface area contributed by atoms with Crippen molar-refractivity contribution in [3.05, 3.63) is 207 Å². The number of thiophene rings is 2. The topological polar surface area (TPSA) is 0 Å². The molecule has 0 fully saturated rings. The molecule has 4 heteroatoms. The molecular formula is C92H122Br2S2. The summed E-state index contributed by atoms with van der Waals surface area (Å²) < 4.78 is 5.39. The molecule has 2 aliphatic rings. The largest absolute Gasteiger partial charge is 0.134 e. The molecule has 0 radical (unpaired) electrons. The van der Waals surface area contributed by atoms with Gasteiger partial charge in [-0.3, -0.25) is 0 Å². The van der Waals surface area contributed by atoms with Gasteiger partial charge in [0.15, 0.2) is 0 Å². The molecule has 8 aromatic rings. The van der Waals surface area contributed by atoms with Crippen LogP contribution >= 0.6 is 54.5 Å². The normalized spacial score (nSPS) is 13.5. The molecule has 0 saturated carbocycles. The molecule has 0 aliphatic heterocycles. The Balaban J connectivity index is 1.35. The number of unbranched alkanes of at least 4 members (excludes halogenated alkanes) is 24. The average Bonchev–Trinajstić information content (AvgIpc) is 1.49. The lowest BCUT2D eigenvalue weighted by molar-refractivity contribution is 0.656. The minimum atomic E-state index is -0.556. The Morgan fingerprint density at radius 1 is 0.250 bits per heavy atom. The van der Waals surface area contributed by atoms with Gasteiger partial charge >= 0.3 is 0 Å². The van der Waals surface area contributed by atoms with Crippen LogP contribution in [0.25, 0.3) is 30.3 Å². The molecule has 2 aliphatic carbocycles. The average molecular weight is 1450 g/mol. The van der Waals surface area contributed by atoms with Gasteiger partial charge in [-0.25, -0.2) is 0 Å². The number of hydrogen-bond acceptors (Lipinski definition) is 2. The second kappa shape index (κ2) is 37.6. The van der Waals surface area contributed by atoms with Crippen LogP contribution in [0, 0.1) is 0 Å². The molecule has 0 atom stereocenters. The van der Waals surface area contributed by atoms with Crippen molar-refractivity contribution in [1.29, 1.82) is 0 Å². The van der Waals surface area contributed by atoms with Gasteiger partial charge in [-0.1, -0.05) is 326 Å². The van der Waals surface area contributed by atoms with Crippen molar-refractivity contribution in [2.45, 2.75) is 323 Å². The number of halogens is 2. The second-order valence-corrected chi connectivity index (χ2v) is 33.7. The number of benzene rings is 6. The maximum absolute atomic E-state index is 4.24. The third-order valence-electron chi connectivity index (χ3n) is 22.0. The van der Waals surface area contributed by atoms with Crippen LogP contribution in [0.2, 0.25) is 0 Å². The van der Waals surface area contributed by atoms with Crippen molar-refractivity contribution in [1.82, 2.24) is 0 Å². The summed E-state index contributed by atoms with van der Waals surface area (Å²) in [6.45, 7) is 18.9. The highest BCUT2D eigenvalue weighted by atomic mass is 79.9. The third-order valence-corrected chi connectivity index (χ3v) is 25.6. The molecule has 0 unspecified atom stereocenters. The van der Waals surface area contributed by atoms with E-state index in [1.807, 2.05) is 0 Å². The summed E-state index contributed by atoms with van der Waals surface area (Å²) in [5.41, 5.74) is 26.1. The predicted octanol–water partition coefficient (Wildman–Crippen LogP) is 30.2. The Bertz CT molecular complexity index is 3230. The minimum absolute atomic E-state index is 0.556. The van der Waals surface area contributed by atoms with E-state index in [0.717, 1.165) is 51.4 Å². The maximum Gasteiger partial charge on any atom is 0.0737 e. The lowest BCUT2D eigenvalue weighted by atomic mass is 9.65. The fraction of sp³-hybridized carbons (Fsp3) is 0.543. The SMILES string of the molecule is CCCCCCc1cc(CCCCCC)cc(C2(c3cc(CCCCCC)cc(CCCCCC)c3)c3cc(Br)ccc3-c3sc4c5c(sc4c32)-c2ccc(Br)cc2C5(c2cc(CCCCCC)cc(CCCCCC)c2)c2cc(CCCCCC)cc(CCCCCC)c2)c1. The summed E-state index contributed by atoms with van der Waals surface area (Å²) >= 11 is 12.8. The first-order valence-corrected chi connectivity index (χ1v) is 43.1. The van der Waals surface area contributed by atoms with Gasteiger partial charge in [0.25, 0.3) is 0 Å². The zero-order valence-corrected chi connectivity index (χ0v) is 66.1. The van der Waals surface area contributed by atoms with E-state index in [2.05, 4.69) is 219 Å². The van der Waals surface area contributed by atoms with Crippen LogP contribution in [-0.4, -0.2) is 0 Å². The molecule has 0 nitrogen and oxygen atoms in total. The lowest BCUT2D eigenvalue weighted by Crippen LogP contribution is -2.30. The van der Waals surface area contributed by atoms with Crippen LogP contribution in [0.5, 0.6) is 0 Å². The maximum atomic E-state index is 4.24. The van der Waals surface area contributed by atoms with Crippen molar-refractivity contribution < 1.29 is 0 Å². The van der Waals surface area contributed by atoms with E-state index in [1.165, 1.54) is 323 Å². The molecular weight excluding hydrogens is 1330 g/mol. The quantitative estimate of drug-likeness (QED) is 0.0334. The highest BCUT2D eigenvalue weighted by Gasteiger charge is 2.54. The summed E-state index contributed by atoms with van der Waals surface area (Å²) in [6, 6.07) is 47.8. The van der Waals surface area contributed by atoms with Crippen molar-refractivity contribution in [2.75, 3.05) is 0 Å². The van der Waals surface area contributed by atoms with Crippen molar-refractivity contribution in [2.24, 2.45) is 0 Å². The molecule has 0 N–H and O–H groups in total. The fourth-order valence-corrected chi connectivity index (χ4v) is 20.9. The molecule has 0 spiro atoms. The van der Waals surface area contributed by atoms with Crippen molar-refractivity contribution in [3.63, 3.8) is 0 Å². The summed E-state index contributed by atoms with van der Waals surface area (Å²) in [6.07, 6.45) is 49.7. The van der Waals surface area contributed by atoms with Gasteiger partial charge < -0.3 is 0 Å². The Morgan fingerprint density at radius 2 is 0.458 bits per heavy atom. The minimum Gasteiger partial charge on any atom is -0.134 e. The van der Waals surface area contributed by atoms with Crippen LogP contribution in [0.15, 0.2) is 118 Å². The molecule has 6 aromatic carbocycles. The second-order valence-electron chi connectivity index (χ2n) is 29.8. The zero-order valence-electron chi connectivity index (χ0n) is 61.2. The smallest absolute Gasteiger partial charge is 0.0737 e. The van der Waals surface area contributed by atoms with Gasteiger partial charge in [-0.2, -0.15) is 0 Å². The van der Waals surface area contributed by atoms with E-state index < -0.39 is 10.8 Å². The summed E-state index contributed by atoms with van der Waals surface area (Å²) in [5, 5.41) is 0. The zero-order chi connectivity index (χ0) is 67.3. The van der Waals surface area contributed by atoms with E-state index in [4.69, 9.17) is 0 Å². The highest BCUT2D eigenvalue weighted by Crippen LogP contribution is 2.69.